The van der Waals surface area contributed by atoms with Gasteiger partial charge in [-0.15, -0.1) is 0 Å². The highest BCUT2D eigenvalue weighted by molar-refractivity contribution is 5.88. The summed E-state index contributed by atoms with van der Waals surface area (Å²) in [6.07, 6.45) is 7.47. The first kappa shape index (κ1) is 31.0. The number of methoxy groups -OCH3 is 1. The largest absolute Gasteiger partial charge is 0.493 e. The molecule has 0 spiro atoms. The maximum Gasteiger partial charge on any atom is 0.198 e. The fourth-order valence-corrected chi connectivity index (χ4v) is 3.60. The number of aldehydes is 1. The minimum absolute atomic E-state index is 0.250. The third kappa shape index (κ3) is 8.49. The maximum atomic E-state index is 14.3. The molecule has 41 heavy (non-hydrogen) atoms. The SMILES string of the molecule is CCCCOc1ccncc1C=O.CNCCOc1cc2nccc(Oc3c(F)cc(NC)cc3F)c2cc1OC. The second-order valence-corrected chi connectivity index (χ2v) is 8.64. The average molecular weight is 569 g/mol. The predicted octanol–water partition coefficient (Wildman–Crippen LogP) is 6.03. The topological polar surface area (TPSA) is 104 Å². The molecule has 11 heteroatoms. The van der Waals surface area contributed by atoms with E-state index in [1.165, 1.54) is 25.6 Å². The molecule has 4 rings (SSSR count). The summed E-state index contributed by atoms with van der Waals surface area (Å²) in [5.74, 6) is -0.251. The van der Waals surface area contributed by atoms with Gasteiger partial charge < -0.3 is 29.6 Å². The van der Waals surface area contributed by atoms with Crippen LogP contribution in [0.1, 0.15) is 30.1 Å². The van der Waals surface area contributed by atoms with E-state index in [2.05, 4.69) is 27.5 Å². The molecule has 0 atom stereocenters. The molecule has 2 aromatic carbocycles. The monoisotopic (exact) mass is 568 g/mol. The van der Waals surface area contributed by atoms with E-state index in [0.717, 1.165) is 31.3 Å². The number of ether oxygens (including phenoxy) is 4. The smallest absolute Gasteiger partial charge is 0.198 e. The molecule has 0 aliphatic heterocycles. The van der Waals surface area contributed by atoms with Crippen molar-refractivity contribution in [2.75, 3.05) is 46.3 Å². The number of likely N-dealkylation sites (N-methyl/N-ethyl adjacent to an activating group) is 1. The van der Waals surface area contributed by atoms with Crippen LogP contribution in [0.15, 0.2) is 55.0 Å². The summed E-state index contributed by atoms with van der Waals surface area (Å²) >= 11 is 0. The Hall–Kier alpha value is -4.51. The highest BCUT2D eigenvalue weighted by Crippen LogP contribution is 2.38. The molecule has 9 nitrogen and oxygen atoms in total. The van der Waals surface area contributed by atoms with Gasteiger partial charge in [0, 0.05) is 61.5 Å². The number of nitrogens with zero attached hydrogens (tertiary/aromatic N) is 2. The van der Waals surface area contributed by atoms with Crippen molar-refractivity contribution >= 4 is 22.9 Å². The van der Waals surface area contributed by atoms with Crippen LogP contribution in [0.25, 0.3) is 10.9 Å². The van der Waals surface area contributed by atoms with Gasteiger partial charge in [-0.05, 0) is 31.7 Å². The van der Waals surface area contributed by atoms with Gasteiger partial charge in [-0.25, -0.2) is 8.78 Å². The number of hydrogen-bond acceptors (Lipinski definition) is 9. The van der Waals surface area contributed by atoms with Gasteiger partial charge in [0.2, 0.25) is 0 Å². The van der Waals surface area contributed by atoms with Crippen LogP contribution in [0.3, 0.4) is 0 Å². The zero-order chi connectivity index (χ0) is 29.6. The molecule has 0 aliphatic rings. The molecule has 0 amide bonds. The van der Waals surface area contributed by atoms with Crippen molar-refractivity contribution in [2.45, 2.75) is 19.8 Å². The molecule has 0 radical (unpaired) electrons. The van der Waals surface area contributed by atoms with Crippen LogP contribution < -0.4 is 29.6 Å². The molecule has 2 N–H and O–H groups in total. The van der Waals surface area contributed by atoms with Crippen molar-refractivity contribution in [3.05, 3.63) is 72.2 Å². The number of fused-ring (bicyclic) bond motifs is 1. The highest BCUT2D eigenvalue weighted by atomic mass is 19.1. The van der Waals surface area contributed by atoms with Crippen molar-refractivity contribution in [3.63, 3.8) is 0 Å². The molecule has 0 aliphatic carbocycles. The third-order valence-corrected chi connectivity index (χ3v) is 5.79. The number of anilines is 1. The van der Waals surface area contributed by atoms with Crippen LogP contribution in [0.5, 0.6) is 28.7 Å². The second kappa shape index (κ2) is 15.9. The van der Waals surface area contributed by atoms with E-state index in [1.807, 2.05) is 7.05 Å². The van der Waals surface area contributed by atoms with E-state index >= 15 is 0 Å². The van der Waals surface area contributed by atoms with Gasteiger partial charge in [0.15, 0.2) is 35.2 Å². The minimum Gasteiger partial charge on any atom is -0.493 e. The summed E-state index contributed by atoms with van der Waals surface area (Å²) in [4.78, 5) is 18.7. The molecule has 2 aromatic heterocycles. The fraction of sp³-hybridized carbons (Fsp3) is 0.300. The maximum absolute atomic E-state index is 14.3. The summed E-state index contributed by atoms with van der Waals surface area (Å²) in [6.45, 7) is 3.86. The van der Waals surface area contributed by atoms with Crippen LogP contribution in [-0.2, 0) is 0 Å². The average Bonchev–Trinajstić information content (AvgIpc) is 2.99. The predicted molar refractivity (Wildman–Crippen MR) is 154 cm³/mol. The van der Waals surface area contributed by atoms with Gasteiger partial charge in [0.1, 0.15) is 18.1 Å². The summed E-state index contributed by atoms with van der Waals surface area (Å²) in [5, 5.41) is 6.22. The Balaban J connectivity index is 0.000000298. The van der Waals surface area contributed by atoms with Crippen molar-refractivity contribution < 1.29 is 32.5 Å². The number of unbranched alkanes of at least 4 members (excludes halogenated alkanes) is 1. The van der Waals surface area contributed by atoms with Crippen molar-refractivity contribution in [1.82, 2.24) is 15.3 Å². The molecule has 0 fully saturated rings. The number of benzene rings is 2. The van der Waals surface area contributed by atoms with Gasteiger partial charge in [-0.2, -0.15) is 0 Å². The third-order valence-electron chi connectivity index (χ3n) is 5.79. The van der Waals surface area contributed by atoms with Gasteiger partial charge in [-0.3, -0.25) is 14.8 Å². The first-order valence-corrected chi connectivity index (χ1v) is 13.1. The molecule has 2 heterocycles. The summed E-state index contributed by atoms with van der Waals surface area (Å²) in [7, 11) is 4.92. The Morgan fingerprint density at radius 1 is 0.927 bits per heavy atom. The number of pyridine rings is 2. The Labute approximate surface area is 237 Å². The van der Waals surface area contributed by atoms with Crippen molar-refractivity contribution in [3.8, 4) is 28.7 Å². The minimum atomic E-state index is -0.812. The van der Waals surface area contributed by atoms with Gasteiger partial charge >= 0.3 is 0 Å². The van der Waals surface area contributed by atoms with E-state index in [9.17, 15) is 13.6 Å². The molecule has 218 valence electrons. The van der Waals surface area contributed by atoms with Gasteiger partial charge in [0.25, 0.3) is 0 Å². The number of nitrogens with one attached hydrogen (secondary N) is 2. The Morgan fingerprint density at radius 3 is 2.32 bits per heavy atom. The summed E-state index contributed by atoms with van der Waals surface area (Å²) in [6, 6.07) is 8.94. The summed E-state index contributed by atoms with van der Waals surface area (Å²) in [5.41, 5.74) is 1.37. The molecule has 0 saturated heterocycles. The lowest BCUT2D eigenvalue weighted by Crippen LogP contribution is -2.16. The van der Waals surface area contributed by atoms with E-state index in [1.54, 1.807) is 31.4 Å². The highest BCUT2D eigenvalue weighted by Gasteiger charge is 2.17. The van der Waals surface area contributed by atoms with Crippen LogP contribution in [0.4, 0.5) is 14.5 Å². The van der Waals surface area contributed by atoms with Crippen LogP contribution in [0, 0.1) is 11.6 Å². The first-order chi connectivity index (χ1) is 19.9. The molecule has 0 bridgehead atoms. The first-order valence-electron chi connectivity index (χ1n) is 13.1. The van der Waals surface area contributed by atoms with E-state index in [-0.39, 0.29) is 5.75 Å². The number of carbonyl (C=O) groups excluding carboxylic acids is 1. The Bertz CT molecular complexity index is 1410. The molecular weight excluding hydrogens is 534 g/mol. The number of aromatic nitrogens is 2. The Morgan fingerprint density at radius 2 is 1.66 bits per heavy atom. The lowest BCUT2D eigenvalue weighted by atomic mass is 10.1. The zero-order valence-electron chi connectivity index (χ0n) is 23.5. The van der Waals surface area contributed by atoms with Crippen LogP contribution >= 0.6 is 0 Å². The zero-order valence-corrected chi connectivity index (χ0v) is 23.5. The number of carbonyl (C=O) groups is 1. The molecule has 0 unspecified atom stereocenters. The molecular formula is C30H34F2N4O5. The van der Waals surface area contributed by atoms with Crippen LogP contribution in [-0.4, -0.2) is 57.2 Å². The lowest BCUT2D eigenvalue weighted by molar-refractivity contribution is 0.111. The quantitative estimate of drug-likeness (QED) is 0.148. The molecule has 0 saturated carbocycles. The van der Waals surface area contributed by atoms with Gasteiger partial charge in [-0.1, -0.05) is 13.3 Å². The van der Waals surface area contributed by atoms with Crippen LogP contribution in [0.2, 0.25) is 0 Å². The standard InChI is InChI=1S/C20H21F2N3O3.C10H13NO2/c1-23-6-7-27-19-11-16-13(10-18(19)26-3)17(4-5-25-16)28-20-14(21)8-12(24-2)9-15(20)22;1-2-3-6-13-10-4-5-11-7-9(10)8-12/h4-5,8-11,23-24H,6-7H2,1-3H3;4-5,7-8H,2-3,6H2,1H3. The lowest BCUT2D eigenvalue weighted by Gasteiger charge is -2.14. The Kier molecular flexibility index (Phi) is 12.0. The fourth-order valence-electron chi connectivity index (χ4n) is 3.60. The van der Waals surface area contributed by atoms with E-state index < -0.39 is 17.4 Å². The van der Waals surface area contributed by atoms with Gasteiger partial charge in [0.05, 0.1) is 24.8 Å². The number of halogens is 2. The normalized spacial score (nSPS) is 10.4. The summed E-state index contributed by atoms with van der Waals surface area (Å²) < 4.78 is 50.6. The van der Waals surface area contributed by atoms with Crippen molar-refractivity contribution in [1.29, 1.82) is 0 Å². The number of hydrogen-bond donors (Lipinski definition) is 2. The van der Waals surface area contributed by atoms with E-state index in [0.29, 0.717) is 59.2 Å². The van der Waals surface area contributed by atoms with Crippen molar-refractivity contribution in [2.24, 2.45) is 0 Å². The molecule has 4 aromatic rings. The van der Waals surface area contributed by atoms with E-state index in [4.69, 9.17) is 18.9 Å². The second-order valence-electron chi connectivity index (χ2n) is 8.64. The number of rotatable bonds is 13.